The first-order chi connectivity index (χ1) is 8.31. The number of halogens is 4. The van der Waals surface area contributed by atoms with Crippen LogP contribution in [0.25, 0.3) is 0 Å². The molecule has 0 heterocycles. The predicted octanol–water partition coefficient (Wildman–Crippen LogP) is 4.06. The molecule has 0 saturated carbocycles. The van der Waals surface area contributed by atoms with Crippen LogP contribution in [0.2, 0.25) is 5.02 Å². The zero-order valence-corrected chi connectivity index (χ0v) is 10.6. The Hall–Kier alpha value is -1.23. The van der Waals surface area contributed by atoms with Crippen molar-refractivity contribution >= 4 is 17.9 Å². The molecule has 18 heavy (non-hydrogen) atoms. The van der Waals surface area contributed by atoms with Crippen LogP contribution in [0.3, 0.4) is 0 Å². The maximum atomic E-state index is 12.6. The molecular formula is C12H12ClF3O2. The van der Waals surface area contributed by atoms with Gasteiger partial charge in [-0.3, -0.25) is 0 Å². The first-order valence-corrected chi connectivity index (χ1v) is 5.57. The largest absolute Gasteiger partial charge is 0.496 e. The Morgan fingerprint density at radius 2 is 2.06 bits per heavy atom. The lowest BCUT2D eigenvalue weighted by Gasteiger charge is -2.18. The van der Waals surface area contributed by atoms with Crippen LogP contribution in [0, 0.1) is 0 Å². The van der Waals surface area contributed by atoms with Crippen LogP contribution >= 0.6 is 11.6 Å². The monoisotopic (exact) mass is 280 g/mol. The fraction of sp³-hybridized carbons (Fsp3) is 0.417. The topological polar surface area (TPSA) is 26.3 Å². The van der Waals surface area contributed by atoms with E-state index >= 15 is 0 Å². The second kappa shape index (κ2) is 5.61. The predicted molar refractivity (Wildman–Crippen MR) is 62.1 cm³/mol. The maximum Gasteiger partial charge on any atom is 0.416 e. The van der Waals surface area contributed by atoms with E-state index in [2.05, 4.69) is 0 Å². The molecule has 0 aliphatic rings. The molecule has 1 unspecified atom stereocenters. The number of carbonyl (C=O) groups is 1. The van der Waals surface area contributed by atoms with Crippen molar-refractivity contribution in [3.05, 3.63) is 28.3 Å². The number of hydrogen-bond acceptors (Lipinski definition) is 2. The van der Waals surface area contributed by atoms with Crippen LogP contribution in [0.1, 0.15) is 30.4 Å². The Morgan fingerprint density at radius 1 is 1.44 bits per heavy atom. The number of ether oxygens (including phenoxy) is 1. The van der Waals surface area contributed by atoms with Crippen molar-refractivity contribution in [1.29, 1.82) is 0 Å². The summed E-state index contributed by atoms with van der Waals surface area (Å²) in [6, 6.07) is 1.74. The van der Waals surface area contributed by atoms with Gasteiger partial charge in [0.25, 0.3) is 0 Å². The highest BCUT2D eigenvalue weighted by Crippen LogP contribution is 2.40. The highest BCUT2D eigenvalue weighted by molar-refractivity contribution is 6.31. The van der Waals surface area contributed by atoms with E-state index in [1.807, 2.05) is 0 Å². The maximum absolute atomic E-state index is 12.6. The third-order valence-electron chi connectivity index (χ3n) is 2.58. The van der Waals surface area contributed by atoms with Crippen molar-refractivity contribution in [2.45, 2.75) is 25.4 Å². The van der Waals surface area contributed by atoms with E-state index in [0.29, 0.717) is 11.8 Å². The van der Waals surface area contributed by atoms with Gasteiger partial charge < -0.3 is 9.53 Å². The first-order valence-electron chi connectivity index (χ1n) is 5.19. The number of rotatable bonds is 4. The standard InChI is InChI=1S/C12H12ClF3O2/c1-7(3-4-17)11-9(13)5-8(12(14,15)16)6-10(11)18-2/h4-7H,3H2,1-2H3. The second-order valence-electron chi connectivity index (χ2n) is 3.88. The summed E-state index contributed by atoms with van der Waals surface area (Å²) in [4.78, 5) is 10.5. The summed E-state index contributed by atoms with van der Waals surface area (Å²) in [6.45, 7) is 1.70. The lowest BCUT2D eigenvalue weighted by molar-refractivity contribution is -0.137. The highest BCUT2D eigenvalue weighted by atomic mass is 35.5. The Morgan fingerprint density at radius 3 is 2.50 bits per heavy atom. The first kappa shape index (κ1) is 14.8. The molecule has 0 aromatic heterocycles. The van der Waals surface area contributed by atoms with E-state index in [0.717, 1.165) is 12.1 Å². The number of hydrogen-bond donors (Lipinski definition) is 0. The lowest BCUT2D eigenvalue weighted by Crippen LogP contribution is -2.08. The van der Waals surface area contributed by atoms with Gasteiger partial charge in [-0.1, -0.05) is 18.5 Å². The average Bonchev–Trinajstić information content (AvgIpc) is 2.26. The van der Waals surface area contributed by atoms with Gasteiger partial charge >= 0.3 is 6.18 Å². The molecule has 0 aliphatic heterocycles. The smallest absolute Gasteiger partial charge is 0.416 e. The Bertz CT molecular complexity index is 444. The number of carbonyl (C=O) groups excluding carboxylic acids is 1. The molecule has 2 nitrogen and oxygen atoms in total. The Kier molecular flexibility index (Phi) is 4.62. The van der Waals surface area contributed by atoms with Gasteiger partial charge in [0.1, 0.15) is 12.0 Å². The molecule has 0 aliphatic carbocycles. The van der Waals surface area contributed by atoms with Crippen LogP contribution in [0.4, 0.5) is 13.2 Å². The molecule has 0 fully saturated rings. The lowest BCUT2D eigenvalue weighted by atomic mass is 9.96. The summed E-state index contributed by atoms with van der Waals surface area (Å²) in [6.07, 6.45) is -3.62. The molecule has 6 heteroatoms. The SMILES string of the molecule is COc1cc(C(F)(F)F)cc(Cl)c1C(C)CC=O. The van der Waals surface area contributed by atoms with Gasteiger partial charge in [-0.25, -0.2) is 0 Å². The molecule has 0 spiro atoms. The molecule has 1 atom stereocenters. The van der Waals surface area contributed by atoms with Gasteiger partial charge in [0.2, 0.25) is 0 Å². The number of methoxy groups -OCH3 is 1. The fourth-order valence-corrected chi connectivity index (χ4v) is 2.06. The Labute approximate surface area is 108 Å². The van der Waals surface area contributed by atoms with Gasteiger partial charge in [-0.15, -0.1) is 0 Å². The van der Waals surface area contributed by atoms with Crippen molar-refractivity contribution in [2.75, 3.05) is 7.11 Å². The van der Waals surface area contributed by atoms with Crippen molar-refractivity contribution in [3.8, 4) is 5.75 Å². The third-order valence-corrected chi connectivity index (χ3v) is 2.89. The highest BCUT2D eigenvalue weighted by Gasteiger charge is 2.33. The van der Waals surface area contributed by atoms with Gasteiger partial charge in [0.05, 0.1) is 12.7 Å². The molecule has 1 aromatic rings. The Balaban J connectivity index is 3.33. The second-order valence-corrected chi connectivity index (χ2v) is 4.28. The molecule has 0 radical (unpaired) electrons. The van der Waals surface area contributed by atoms with E-state index in [9.17, 15) is 18.0 Å². The van der Waals surface area contributed by atoms with Gasteiger partial charge in [-0.05, 0) is 18.1 Å². The van der Waals surface area contributed by atoms with Crippen molar-refractivity contribution in [2.24, 2.45) is 0 Å². The summed E-state index contributed by atoms with van der Waals surface area (Å²) in [5, 5.41) is -0.0453. The van der Waals surface area contributed by atoms with Gasteiger partial charge in [0, 0.05) is 17.0 Å². The fourth-order valence-electron chi connectivity index (χ4n) is 1.67. The van der Waals surface area contributed by atoms with Gasteiger partial charge in [0.15, 0.2) is 0 Å². The van der Waals surface area contributed by atoms with Crippen molar-refractivity contribution in [3.63, 3.8) is 0 Å². The van der Waals surface area contributed by atoms with E-state index < -0.39 is 11.7 Å². The quantitative estimate of drug-likeness (QED) is 0.778. The minimum atomic E-state index is -4.48. The number of aldehydes is 1. The zero-order chi connectivity index (χ0) is 13.9. The number of benzene rings is 1. The average molecular weight is 281 g/mol. The van der Waals surface area contributed by atoms with E-state index in [1.54, 1.807) is 6.92 Å². The molecule has 0 amide bonds. The van der Waals surface area contributed by atoms with Crippen molar-refractivity contribution in [1.82, 2.24) is 0 Å². The summed E-state index contributed by atoms with van der Waals surface area (Å²) < 4.78 is 42.7. The summed E-state index contributed by atoms with van der Waals surface area (Å²) in [5.74, 6) is -0.253. The summed E-state index contributed by atoms with van der Waals surface area (Å²) >= 11 is 5.85. The zero-order valence-electron chi connectivity index (χ0n) is 9.84. The van der Waals surface area contributed by atoms with Crippen LogP contribution in [0.5, 0.6) is 5.75 Å². The van der Waals surface area contributed by atoms with Crippen LogP contribution in [0.15, 0.2) is 12.1 Å². The molecule has 100 valence electrons. The van der Waals surface area contributed by atoms with Crippen LogP contribution in [-0.2, 0) is 11.0 Å². The molecule has 0 saturated heterocycles. The molecule has 1 rings (SSSR count). The summed E-state index contributed by atoms with van der Waals surface area (Å²) in [7, 11) is 1.27. The van der Waals surface area contributed by atoms with Crippen LogP contribution < -0.4 is 4.74 Å². The molecule has 0 N–H and O–H groups in total. The van der Waals surface area contributed by atoms with E-state index in [4.69, 9.17) is 16.3 Å². The molecular weight excluding hydrogens is 269 g/mol. The van der Waals surface area contributed by atoms with Crippen LogP contribution in [-0.4, -0.2) is 13.4 Å². The van der Waals surface area contributed by atoms with Gasteiger partial charge in [-0.2, -0.15) is 13.2 Å². The molecule has 0 bridgehead atoms. The minimum Gasteiger partial charge on any atom is -0.496 e. The molecule has 1 aromatic carbocycles. The summed E-state index contributed by atoms with van der Waals surface area (Å²) in [5.41, 5.74) is -0.453. The van der Waals surface area contributed by atoms with E-state index in [-0.39, 0.29) is 23.1 Å². The van der Waals surface area contributed by atoms with Crippen molar-refractivity contribution < 1.29 is 22.7 Å². The van der Waals surface area contributed by atoms with E-state index in [1.165, 1.54) is 7.11 Å². The number of alkyl halides is 3. The third kappa shape index (κ3) is 3.16. The normalized spacial score (nSPS) is 13.2. The minimum absolute atomic E-state index is 0.0453.